The van der Waals surface area contributed by atoms with E-state index < -0.39 is 6.10 Å². The first-order valence-corrected chi connectivity index (χ1v) is 19.5. The van der Waals surface area contributed by atoms with E-state index in [0.29, 0.717) is 12.8 Å². The molecular weight excluding hydrogens is 596 g/mol. The molecule has 0 aromatic carbocycles. The summed E-state index contributed by atoms with van der Waals surface area (Å²) in [7, 11) is 0. The van der Waals surface area contributed by atoms with Crippen LogP contribution >= 0.6 is 0 Å². The number of aliphatic hydroxyl groups is 1. The van der Waals surface area contributed by atoms with E-state index in [4.69, 9.17) is 9.47 Å². The molecular formula is C43H72O5. The monoisotopic (exact) mass is 669 g/mol. The fraction of sp³-hybridized carbons (Fsp3) is 0.674. The lowest BCUT2D eigenvalue weighted by molar-refractivity contribution is -0.161. The molecule has 0 spiro atoms. The van der Waals surface area contributed by atoms with Crippen molar-refractivity contribution in [1.82, 2.24) is 0 Å². The lowest BCUT2D eigenvalue weighted by Gasteiger charge is -2.15. The van der Waals surface area contributed by atoms with Gasteiger partial charge in [-0.25, -0.2) is 0 Å². The van der Waals surface area contributed by atoms with E-state index in [0.717, 1.165) is 89.9 Å². The van der Waals surface area contributed by atoms with E-state index in [1.807, 2.05) is 0 Å². The molecule has 0 aromatic rings. The van der Waals surface area contributed by atoms with Crippen molar-refractivity contribution in [3.63, 3.8) is 0 Å². The van der Waals surface area contributed by atoms with E-state index in [9.17, 15) is 14.7 Å². The van der Waals surface area contributed by atoms with Crippen molar-refractivity contribution in [2.75, 3.05) is 13.2 Å². The predicted octanol–water partition coefficient (Wildman–Crippen LogP) is 12.2. The highest BCUT2D eigenvalue weighted by Crippen LogP contribution is 2.10. The first-order chi connectivity index (χ1) is 23.6. The molecule has 5 nitrogen and oxygen atoms in total. The summed E-state index contributed by atoms with van der Waals surface area (Å²) in [5.41, 5.74) is 0. The molecule has 0 amide bonds. The third-order valence-electron chi connectivity index (χ3n) is 7.97. The van der Waals surface area contributed by atoms with Crippen LogP contribution in [-0.4, -0.2) is 36.4 Å². The van der Waals surface area contributed by atoms with Crippen molar-refractivity contribution in [3.05, 3.63) is 72.9 Å². The molecule has 48 heavy (non-hydrogen) atoms. The van der Waals surface area contributed by atoms with Crippen LogP contribution < -0.4 is 0 Å². The van der Waals surface area contributed by atoms with Gasteiger partial charge in [0.15, 0.2) is 6.10 Å². The highest BCUT2D eigenvalue weighted by molar-refractivity contribution is 5.70. The molecule has 0 aliphatic rings. The Bertz CT molecular complexity index is 895. The van der Waals surface area contributed by atoms with E-state index in [-0.39, 0.29) is 25.2 Å². The van der Waals surface area contributed by atoms with Crippen molar-refractivity contribution in [2.24, 2.45) is 0 Å². The number of carbonyl (C=O) groups excluding carboxylic acids is 2. The Morgan fingerprint density at radius 3 is 1.23 bits per heavy atom. The predicted molar refractivity (Wildman–Crippen MR) is 205 cm³/mol. The molecule has 5 heteroatoms. The van der Waals surface area contributed by atoms with Gasteiger partial charge in [0.25, 0.3) is 0 Å². The highest BCUT2D eigenvalue weighted by Gasteiger charge is 2.16. The van der Waals surface area contributed by atoms with Gasteiger partial charge in [-0.2, -0.15) is 0 Å². The zero-order valence-electron chi connectivity index (χ0n) is 31.0. The fourth-order valence-electron chi connectivity index (χ4n) is 4.98. The quantitative estimate of drug-likeness (QED) is 0.0420. The molecule has 0 rings (SSSR count). The lowest BCUT2D eigenvalue weighted by Crippen LogP contribution is -2.28. The zero-order chi connectivity index (χ0) is 35.0. The molecule has 0 aliphatic carbocycles. The molecule has 0 fully saturated rings. The number of rotatable bonds is 34. The maximum Gasteiger partial charge on any atom is 0.306 e. The molecule has 1 atom stereocenters. The number of hydrogen-bond acceptors (Lipinski definition) is 5. The summed E-state index contributed by atoms with van der Waals surface area (Å²) in [5.74, 6) is -0.648. The largest absolute Gasteiger partial charge is 0.462 e. The lowest BCUT2D eigenvalue weighted by atomic mass is 10.1. The number of hydrogen-bond donors (Lipinski definition) is 1. The van der Waals surface area contributed by atoms with Crippen LogP contribution in [0.5, 0.6) is 0 Å². The molecule has 0 bridgehead atoms. The average Bonchev–Trinajstić information content (AvgIpc) is 3.09. The van der Waals surface area contributed by atoms with Crippen LogP contribution in [0.1, 0.15) is 168 Å². The summed E-state index contributed by atoms with van der Waals surface area (Å²) < 4.78 is 10.6. The number of unbranched alkanes of at least 4 members (excludes halogenated alkanes) is 14. The Balaban J connectivity index is 3.68. The molecule has 0 saturated heterocycles. The van der Waals surface area contributed by atoms with Crippen LogP contribution in [0.4, 0.5) is 0 Å². The standard InChI is InChI=1S/C43H72O5/c1-3-5-7-9-11-13-15-17-19-21-23-25-27-29-31-33-35-37-42(45)47-40-41(39-44)48-43(46)38-36-34-32-30-28-26-24-22-20-18-16-14-12-10-8-6-4-2/h11-14,17-20,23-26,41,44H,3-10,15-16,21-22,27-40H2,1-2H3. The summed E-state index contributed by atoms with van der Waals surface area (Å²) in [5, 5.41) is 9.55. The van der Waals surface area contributed by atoms with Crippen molar-refractivity contribution >= 4 is 11.9 Å². The number of esters is 2. The van der Waals surface area contributed by atoms with Gasteiger partial charge in [-0.3, -0.25) is 9.59 Å². The summed E-state index contributed by atoms with van der Waals surface area (Å²) in [6.45, 7) is 4.03. The minimum absolute atomic E-state index is 0.0904. The van der Waals surface area contributed by atoms with Gasteiger partial charge in [0.05, 0.1) is 6.61 Å². The highest BCUT2D eigenvalue weighted by atomic mass is 16.6. The minimum Gasteiger partial charge on any atom is -0.462 e. The van der Waals surface area contributed by atoms with Gasteiger partial charge >= 0.3 is 11.9 Å². The molecule has 1 unspecified atom stereocenters. The van der Waals surface area contributed by atoms with Crippen LogP contribution in [0.15, 0.2) is 72.9 Å². The second-order valence-electron chi connectivity index (χ2n) is 12.6. The Morgan fingerprint density at radius 1 is 0.479 bits per heavy atom. The van der Waals surface area contributed by atoms with Crippen LogP contribution in [0.2, 0.25) is 0 Å². The molecule has 0 saturated carbocycles. The maximum atomic E-state index is 12.2. The SMILES string of the molecule is CCCCCC=CCC=CCC=CCCCCCCC(=O)OCC(CO)OC(=O)CCCCCCC=CCC=CCC=CCCCCC. The Kier molecular flexibility index (Phi) is 36.6. The first-order valence-electron chi connectivity index (χ1n) is 19.5. The molecule has 0 aromatic heterocycles. The second kappa shape index (κ2) is 38.8. The van der Waals surface area contributed by atoms with Crippen LogP contribution in [0.3, 0.4) is 0 Å². The average molecular weight is 669 g/mol. The third kappa shape index (κ3) is 36.2. The molecule has 274 valence electrons. The Labute approximate surface area is 295 Å². The molecule has 0 radical (unpaired) electrons. The number of allylic oxidation sites excluding steroid dienone is 12. The van der Waals surface area contributed by atoms with Gasteiger partial charge < -0.3 is 14.6 Å². The van der Waals surface area contributed by atoms with Gasteiger partial charge in [0.2, 0.25) is 0 Å². The van der Waals surface area contributed by atoms with Gasteiger partial charge in [-0.05, 0) is 89.9 Å². The van der Waals surface area contributed by atoms with E-state index in [1.165, 1.54) is 51.4 Å². The van der Waals surface area contributed by atoms with E-state index >= 15 is 0 Å². The first kappa shape index (κ1) is 45.3. The third-order valence-corrected chi connectivity index (χ3v) is 7.97. The van der Waals surface area contributed by atoms with Crippen molar-refractivity contribution in [3.8, 4) is 0 Å². The summed E-state index contributed by atoms with van der Waals surface area (Å²) >= 11 is 0. The van der Waals surface area contributed by atoms with Gasteiger partial charge in [0, 0.05) is 12.8 Å². The summed E-state index contributed by atoms with van der Waals surface area (Å²) in [6.07, 6.45) is 50.9. The smallest absolute Gasteiger partial charge is 0.306 e. The zero-order valence-corrected chi connectivity index (χ0v) is 31.0. The van der Waals surface area contributed by atoms with Gasteiger partial charge in [-0.1, -0.05) is 138 Å². The Hall–Kier alpha value is -2.66. The fourth-order valence-corrected chi connectivity index (χ4v) is 4.98. The van der Waals surface area contributed by atoms with Crippen LogP contribution in [0.25, 0.3) is 0 Å². The van der Waals surface area contributed by atoms with Gasteiger partial charge in [-0.15, -0.1) is 0 Å². The maximum absolute atomic E-state index is 12.2. The van der Waals surface area contributed by atoms with Crippen LogP contribution in [0, 0.1) is 0 Å². The van der Waals surface area contributed by atoms with Crippen molar-refractivity contribution < 1.29 is 24.2 Å². The molecule has 1 N–H and O–H groups in total. The molecule has 0 aliphatic heterocycles. The van der Waals surface area contributed by atoms with Gasteiger partial charge in [0.1, 0.15) is 6.61 Å². The number of ether oxygens (including phenoxy) is 2. The summed E-state index contributed by atoms with van der Waals surface area (Å²) in [4.78, 5) is 24.2. The normalized spacial score (nSPS) is 13.0. The number of carbonyl (C=O) groups is 2. The van der Waals surface area contributed by atoms with E-state index in [1.54, 1.807) is 0 Å². The van der Waals surface area contributed by atoms with Crippen LogP contribution in [-0.2, 0) is 19.1 Å². The summed E-state index contributed by atoms with van der Waals surface area (Å²) in [6, 6.07) is 0. The number of aliphatic hydroxyl groups excluding tert-OH is 1. The Morgan fingerprint density at radius 2 is 0.833 bits per heavy atom. The van der Waals surface area contributed by atoms with Crippen molar-refractivity contribution in [2.45, 2.75) is 174 Å². The molecule has 0 heterocycles. The van der Waals surface area contributed by atoms with E-state index in [2.05, 4.69) is 86.8 Å². The topological polar surface area (TPSA) is 72.8 Å². The van der Waals surface area contributed by atoms with Crippen molar-refractivity contribution in [1.29, 1.82) is 0 Å². The minimum atomic E-state index is -0.795. The second-order valence-corrected chi connectivity index (χ2v) is 12.6.